The van der Waals surface area contributed by atoms with Gasteiger partial charge >= 0.3 is 5.69 Å². The Bertz CT molecular complexity index is 1410. The van der Waals surface area contributed by atoms with Crippen molar-refractivity contribution in [1.82, 2.24) is 19.3 Å². The molecule has 2 aromatic carbocycles. The lowest BCUT2D eigenvalue weighted by Gasteiger charge is -2.36. The van der Waals surface area contributed by atoms with Crippen LogP contribution in [0.4, 0.5) is 11.5 Å². The van der Waals surface area contributed by atoms with E-state index < -0.39 is 12.1 Å². The Balaban J connectivity index is 1.27. The van der Waals surface area contributed by atoms with E-state index in [1.165, 1.54) is 15.6 Å². The van der Waals surface area contributed by atoms with Gasteiger partial charge in [-0.05, 0) is 54.4 Å². The Morgan fingerprint density at radius 2 is 1.61 bits per heavy atom. The number of hydrogen-bond acceptors (Lipinski definition) is 7. The number of pyridine rings is 1. The number of hydrogen-bond donors (Lipinski definition) is 1. The standard InChI is InChI=1S/C28H31ClN6O3/c1-3-24(27(36)20-7-9-21(29)10-8-20)35-28(37)34(19-30-35)23-13-11-22(12-14-23)32-15-17-33(18-16-32)25-5-4-6-26(31-25)38-2/h4-14,19,24,27,36H,3,15-18H2,1-2H3. The van der Waals surface area contributed by atoms with Gasteiger partial charge in [0.1, 0.15) is 18.2 Å². The van der Waals surface area contributed by atoms with Crippen LogP contribution < -0.4 is 20.2 Å². The average molecular weight is 535 g/mol. The van der Waals surface area contributed by atoms with Gasteiger partial charge in [-0.1, -0.05) is 36.7 Å². The van der Waals surface area contributed by atoms with Crippen molar-refractivity contribution in [2.75, 3.05) is 43.1 Å². The van der Waals surface area contributed by atoms with E-state index in [1.54, 1.807) is 31.4 Å². The summed E-state index contributed by atoms with van der Waals surface area (Å²) in [5.41, 5.74) is 2.21. The molecule has 0 aliphatic carbocycles. The zero-order chi connectivity index (χ0) is 26.6. The number of methoxy groups -OCH3 is 1. The number of ether oxygens (including phenoxy) is 1. The van der Waals surface area contributed by atoms with Gasteiger partial charge in [-0.15, -0.1) is 0 Å². The molecule has 2 unspecified atom stereocenters. The zero-order valence-electron chi connectivity index (χ0n) is 21.4. The summed E-state index contributed by atoms with van der Waals surface area (Å²) in [5.74, 6) is 1.53. The summed E-state index contributed by atoms with van der Waals surface area (Å²) < 4.78 is 8.12. The normalized spacial score (nSPS) is 15.4. The summed E-state index contributed by atoms with van der Waals surface area (Å²) in [4.78, 5) is 22.4. The number of piperazine rings is 1. The lowest BCUT2D eigenvalue weighted by Crippen LogP contribution is -2.46. The first-order valence-corrected chi connectivity index (χ1v) is 13.1. The predicted molar refractivity (Wildman–Crippen MR) is 149 cm³/mol. The molecule has 1 aliphatic rings. The molecule has 10 heteroatoms. The highest BCUT2D eigenvalue weighted by atomic mass is 35.5. The molecule has 9 nitrogen and oxygen atoms in total. The Kier molecular flexibility index (Phi) is 7.67. The summed E-state index contributed by atoms with van der Waals surface area (Å²) in [6, 6.07) is 20.2. The minimum atomic E-state index is -0.883. The van der Waals surface area contributed by atoms with E-state index in [4.69, 9.17) is 16.3 Å². The number of aliphatic hydroxyl groups excluding tert-OH is 1. The number of aliphatic hydroxyl groups is 1. The third kappa shape index (κ3) is 5.25. The second-order valence-electron chi connectivity index (χ2n) is 9.23. The van der Waals surface area contributed by atoms with Crippen molar-refractivity contribution in [3.05, 3.63) is 94.1 Å². The minimum absolute atomic E-state index is 0.294. The van der Waals surface area contributed by atoms with E-state index in [-0.39, 0.29) is 5.69 Å². The molecule has 0 amide bonds. The third-order valence-corrected chi connectivity index (χ3v) is 7.27. The number of nitrogens with zero attached hydrogens (tertiary/aromatic N) is 6. The maximum absolute atomic E-state index is 13.3. The molecule has 5 rings (SSSR count). The highest BCUT2D eigenvalue weighted by molar-refractivity contribution is 6.30. The Morgan fingerprint density at radius 3 is 2.26 bits per heavy atom. The second kappa shape index (κ2) is 11.3. The van der Waals surface area contributed by atoms with Gasteiger partial charge in [0.15, 0.2) is 0 Å². The number of halogens is 1. The van der Waals surface area contributed by atoms with E-state index in [1.807, 2.05) is 49.4 Å². The summed E-state index contributed by atoms with van der Waals surface area (Å²) in [6.45, 7) is 5.34. The quantitative estimate of drug-likeness (QED) is 0.364. The van der Waals surface area contributed by atoms with Crippen LogP contribution in [-0.2, 0) is 0 Å². The van der Waals surface area contributed by atoms with Crippen LogP contribution in [0.3, 0.4) is 0 Å². The van der Waals surface area contributed by atoms with Crippen LogP contribution in [0, 0.1) is 0 Å². The van der Waals surface area contributed by atoms with Crippen molar-refractivity contribution < 1.29 is 9.84 Å². The molecule has 0 saturated carbocycles. The number of aromatic nitrogens is 4. The summed E-state index contributed by atoms with van der Waals surface area (Å²) in [5, 5.41) is 15.9. The SMILES string of the molecule is CCC(C(O)c1ccc(Cl)cc1)n1ncn(-c2ccc(N3CCN(c4cccc(OC)n4)CC3)cc2)c1=O. The largest absolute Gasteiger partial charge is 0.481 e. The minimum Gasteiger partial charge on any atom is -0.481 e. The topological polar surface area (TPSA) is 88.7 Å². The fourth-order valence-electron chi connectivity index (χ4n) is 4.84. The summed E-state index contributed by atoms with van der Waals surface area (Å²) in [7, 11) is 1.62. The second-order valence-corrected chi connectivity index (χ2v) is 9.67. The van der Waals surface area contributed by atoms with E-state index in [9.17, 15) is 9.90 Å². The number of rotatable bonds is 8. The molecule has 1 saturated heterocycles. The van der Waals surface area contributed by atoms with Crippen molar-refractivity contribution in [3.63, 3.8) is 0 Å². The maximum Gasteiger partial charge on any atom is 0.350 e. The molecule has 3 heterocycles. The molecule has 1 aliphatic heterocycles. The lowest BCUT2D eigenvalue weighted by molar-refractivity contribution is 0.101. The van der Waals surface area contributed by atoms with Gasteiger partial charge in [0.05, 0.1) is 18.8 Å². The molecular weight excluding hydrogens is 504 g/mol. The zero-order valence-corrected chi connectivity index (χ0v) is 22.2. The van der Waals surface area contributed by atoms with Gasteiger partial charge in [0.2, 0.25) is 5.88 Å². The van der Waals surface area contributed by atoms with Crippen molar-refractivity contribution >= 4 is 23.1 Å². The van der Waals surface area contributed by atoms with Crippen LogP contribution in [-0.4, -0.2) is 57.7 Å². The lowest BCUT2D eigenvalue weighted by atomic mass is 10.0. The maximum atomic E-state index is 13.3. The first-order chi connectivity index (χ1) is 18.5. The molecule has 4 aromatic rings. The van der Waals surface area contributed by atoms with Gasteiger partial charge in [-0.2, -0.15) is 10.1 Å². The van der Waals surface area contributed by atoms with Crippen molar-refractivity contribution in [2.45, 2.75) is 25.5 Å². The summed E-state index contributed by atoms with van der Waals surface area (Å²) in [6.07, 6.45) is 1.16. The fraction of sp³-hybridized carbons (Fsp3) is 0.321. The highest BCUT2D eigenvalue weighted by Crippen LogP contribution is 2.29. The number of anilines is 2. The van der Waals surface area contributed by atoms with Gasteiger partial charge in [0.25, 0.3) is 0 Å². The fourth-order valence-corrected chi connectivity index (χ4v) is 4.97. The molecule has 0 radical (unpaired) electrons. The Hall–Kier alpha value is -3.82. The van der Waals surface area contributed by atoms with Crippen molar-refractivity contribution in [2.24, 2.45) is 0 Å². The summed E-state index contributed by atoms with van der Waals surface area (Å²) >= 11 is 5.98. The van der Waals surface area contributed by atoms with Gasteiger partial charge in [-0.25, -0.2) is 14.0 Å². The van der Waals surface area contributed by atoms with E-state index in [0.717, 1.165) is 43.4 Å². The van der Waals surface area contributed by atoms with Gasteiger partial charge in [-0.3, -0.25) is 0 Å². The molecule has 2 atom stereocenters. The van der Waals surface area contributed by atoms with Crippen LogP contribution in [0.5, 0.6) is 5.88 Å². The molecule has 1 fully saturated rings. The molecule has 0 bridgehead atoms. The van der Waals surface area contributed by atoms with Gasteiger partial charge in [0, 0.05) is 43.0 Å². The molecule has 0 spiro atoms. The smallest absolute Gasteiger partial charge is 0.350 e. The molecule has 1 N–H and O–H groups in total. The van der Waals surface area contributed by atoms with Crippen LogP contribution in [0.25, 0.3) is 5.69 Å². The monoisotopic (exact) mass is 534 g/mol. The first kappa shape index (κ1) is 25.8. The van der Waals surface area contributed by atoms with E-state index in [2.05, 4.69) is 19.9 Å². The molecular formula is C28H31ClN6O3. The van der Waals surface area contributed by atoms with Crippen molar-refractivity contribution in [1.29, 1.82) is 0 Å². The van der Waals surface area contributed by atoms with Crippen LogP contribution in [0.2, 0.25) is 5.02 Å². The van der Waals surface area contributed by atoms with E-state index >= 15 is 0 Å². The van der Waals surface area contributed by atoms with E-state index in [0.29, 0.717) is 22.9 Å². The van der Waals surface area contributed by atoms with Crippen LogP contribution in [0.15, 0.2) is 77.9 Å². The molecule has 2 aromatic heterocycles. The van der Waals surface area contributed by atoms with Crippen LogP contribution in [0.1, 0.15) is 31.1 Å². The predicted octanol–water partition coefficient (Wildman–Crippen LogP) is 4.10. The molecule has 38 heavy (non-hydrogen) atoms. The highest BCUT2D eigenvalue weighted by Gasteiger charge is 2.25. The number of benzene rings is 2. The third-order valence-electron chi connectivity index (χ3n) is 7.02. The Labute approximate surface area is 226 Å². The Morgan fingerprint density at radius 1 is 0.947 bits per heavy atom. The van der Waals surface area contributed by atoms with Gasteiger partial charge < -0.3 is 19.6 Å². The molecule has 198 valence electrons. The first-order valence-electron chi connectivity index (χ1n) is 12.7. The average Bonchev–Trinajstić information content (AvgIpc) is 3.34. The van der Waals surface area contributed by atoms with Crippen LogP contribution >= 0.6 is 11.6 Å². The van der Waals surface area contributed by atoms with Crippen molar-refractivity contribution in [3.8, 4) is 11.6 Å².